The molecular weight excluding hydrogens is 200 g/mol. The summed E-state index contributed by atoms with van der Waals surface area (Å²) in [6, 6.07) is 1.85. The van der Waals surface area contributed by atoms with Crippen LogP contribution in [0.15, 0.2) is 12.1 Å². The van der Waals surface area contributed by atoms with Crippen molar-refractivity contribution in [3.8, 4) is 5.75 Å². The van der Waals surface area contributed by atoms with Gasteiger partial charge in [-0.1, -0.05) is 6.42 Å². The smallest absolute Gasteiger partial charge is 0.162 e. The van der Waals surface area contributed by atoms with Crippen LogP contribution in [0.3, 0.4) is 0 Å². The van der Waals surface area contributed by atoms with Gasteiger partial charge < -0.3 is 10.4 Å². The Labute approximate surface area is 86.9 Å². The molecule has 0 aromatic heterocycles. The Kier molecular flexibility index (Phi) is 2.86. The number of rotatable bonds is 1. The molecule has 2 rings (SSSR count). The molecule has 2 nitrogen and oxygen atoms in total. The zero-order valence-corrected chi connectivity index (χ0v) is 8.26. The summed E-state index contributed by atoms with van der Waals surface area (Å²) in [4.78, 5) is 0. The largest absolute Gasteiger partial charge is 0.507 e. The van der Waals surface area contributed by atoms with Crippen molar-refractivity contribution in [1.82, 2.24) is 5.32 Å². The molecule has 1 aromatic carbocycles. The average Bonchev–Trinajstić information content (AvgIpc) is 2.25. The van der Waals surface area contributed by atoms with Crippen LogP contribution in [0.5, 0.6) is 5.75 Å². The Bertz CT molecular complexity index is 362. The number of nitrogens with one attached hydrogen (secondary N) is 1. The molecule has 1 atom stereocenters. The first-order valence-electron chi connectivity index (χ1n) is 5.10. The Morgan fingerprint density at radius 3 is 2.60 bits per heavy atom. The number of hydrogen-bond donors (Lipinski definition) is 2. The Balaban J connectivity index is 2.30. The quantitative estimate of drug-likeness (QED) is 0.751. The molecule has 0 amide bonds. The van der Waals surface area contributed by atoms with Crippen LogP contribution < -0.4 is 5.32 Å². The van der Waals surface area contributed by atoms with Crippen molar-refractivity contribution in [2.45, 2.75) is 25.3 Å². The van der Waals surface area contributed by atoms with Gasteiger partial charge in [0.25, 0.3) is 0 Å². The SMILES string of the molecule is Oc1cc(F)c(F)cc1C1CCCCN1. The van der Waals surface area contributed by atoms with Gasteiger partial charge in [0.05, 0.1) is 0 Å². The van der Waals surface area contributed by atoms with Gasteiger partial charge in [0.15, 0.2) is 11.6 Å². The van der Waals surface area contributed by atoms with Crippen LogP contribution in [-0.2, 0) is 0 Å². The van der Waals surface area contributed by atoms with Crippen LogP contribution in [0.2, 0.25) is 0 Å². The summed E-state index contributed by atoms with van der Waals surface area (Å²) in [5.41, 5.74) is 0.452. The van der Waals surface area contributed by atoms with Crippen molar-refractivity contribution in [2.75, 3.05) is 6.54 Å². The number of phenols is 1. The second-order valence-corrected chi connectivity index (χ2v) is 3.83. The van der Waals surface area contributed by atoms with Crippen LogP contribution in [0.25, 0.3) is 0 Å². The topological polar surface area (TPSA) is 32.3 Å². The molecule has 15 heavy (non-hydrogen) atoms. The summed E-state index contributed by atoms with van der Waals surface area (Å²) < 4.78 is 25.8. The lowest BCUT2D eigenvalue weighted by Crippen LogP contribution is -2.26. The van der Waals surface area contributed by atoms with Crippen molar-refractivity contribution in [2.24, 2.45) is 0 Å². The number of piperidine rings is 1. The second kappa shape index (κ2) is 4.14. The lowest BCUT2D eigenvalue weighted by molar-refractivity contribution is 0.384. The molecule has 1 aliphatic heterocycles. The first-order valence-corrected chi connectivity index (χ1v) is 5.10. The molecule has 1 fully saturated rings. The standard InChI is InChI=1S/C11H13F2NO/c12-8-5-7(11(15)6-9(8)13)10-3-1-2-4-14-10/h5-6,10,14-15H,1-4H2. The van der Waals surface area contributed by atoms with Crippen LogP contribution in [0, 0.1) is 11.6 Å². The van der Waals surface area contributed by atoms with E-state index in [1.807, 2.05) is 0 Å². The second-order valence-electron chi connectivity index (χ2n) is 3.83. The molecule has 0 saturated carbocycles. The maximum Gasteiger partial charge on any atom is 0.162 e. The number of hydrogen-bond acceptors (Lipinski definition) is 2. The molecular formula is C11H13F2NO. The van der Waals surface area contributed by atoms with E-state index in [9.17, 15) is 13.9 Å². The maximum absolute atomic E-state index is 13.0. The molecule has 0 aliphatic carbocycles. The lowest BCUT2D eigenvalue weighted by atomic mass is 9.96. The fourth-order valence-electron chi connectivity index (χ4n) is 1.95. The normalized spacial score (nSPS) is 21.6. The molecule has 0 bridgehead atoms. The molecule has 0 radical (unpaired) electrons. The van der Waals surface area contributed by atoms with Crippen molar-refractivity contribution >= 4 is 0 Å². The fourth-order valence-corrected chi connectivity index (χ4v) is 1.95. The van der Waals surface area contributed by atoms with E-state index >= 15 is 0 Å². The minimum absolute atomic E-state index is 0.0613. The van der Waals surface area contributed by atoms with Crippen molar-refractivity contribution in [3.63, 3.8) is 0 Å². The third kappa shape index (κ3) is 2.09. The third-order valence-electron chi connectivity index (χ3n) is 2.76. The summed E-state index contributed by atoms with van der Waals surface area (Å²) in [6.07, 6.45) is 2.97. The average molecular weight is 213 g/mol. The third-order valence-corrected chi connectivity index (χ3v) is 2.76. The highest BCUT2D eigenvalue weighted by atomic mass is 19.2. The van der Waals surface area contributed by atoms with Crippen LogP contribution in [-0.4, -0.2) is 11.7 Å². The molecule has 1 aromatic rings. The molecule has 2 N–H and O–H groups in total. The van der Waals surface area contributed by atoms with Gasteiger partial charge in [-0.3, -0.25) is 0 Å². The van der Waals surface area contributed by atoms with Gasteiger partial charge in [-0.2, -0.15) is 0 Å². The molecule has 1 unspecified atom stereocenters. The van der Waals surface area contributed by atoms with Gasteiger partial charge in [-0.15, -0.1) is 0 Å². The zero-order valence-electron chi connectivity index (χ0n) is 8.26. The van der Waals surface area contributed by atoms with Crippen LogP contribution in [0.1, 0.15) is 30.9 Å². The predicted octanol–water partition coefficient (Wildman–Crippen LogP) is 2.48. The highest BCUT2D eigenvalue weighted by Gasteiger charge is 2.19. The minimum atomic E-state index is -1.01. The summed E-state index contributed by atoms with van der Waals surface area (Å²) in [5, 5.41) is 12.7. The molecule has 1 aliphatic rings. The summed E-state index contributed by atoms with van der Waals surface area (Å²) >= 11 is 0. The predicted molar refractivity (Wildman–Crippen MR) is 52.6 cm³/mol. The fraction of sp³-hybridized carbons (Fsp3) is 0.455. The Morgan fingerprint density at radius 1 is 1.20 bits per heavy atom. The molecule has 1 heterocycles. The number of phenolic OH excluding ortho intramolecular Hbond substituents is 1. The van der Waals surface area contributed by atoms with E-state index in [0.717, 1.165) is 37.9 Å². The molecule has 82 valence electrons. The van der Waals surface area contributed by atoms with E-state index in [1.54, 1.807) is 0 Å². The van der Waals surface area contributed by atoms with Crippen LogP contribution >= 0.6 is 0 Å². The highest BCUT2D eigenvalue weighted by Crippen LogP contribution is 2.31. The number of benzene rings is 1. The van der Waals surface area contributed by atoms with Gasteiger partial charge in [-0.05, 0) is 25.5 Å². The van der Waals surface area contributed by atoms with Crippen molar-refractivity contribution in [1.29, 1.82) is 0 Å². The van der Waals surface area contributed by atoms with E-state index in [2.05, 4.69) is 5.32 Å². The van der Waals surface area contributed by atoms with Gasteiger partial charge in [0.1, 0.15) is 5.75 Å². The van der Waals surface area contributed by atoms with Crippen LogP contribution in [0.4, 0.5) is 8.78 Å². The van der Waals surface area contributed by atoms with Gasteiger partial charge in [-0.25, -0.2) is 8.78 Å². The van der Waals surface area contributed by atoms with E-state index in [-0.39, 0.29) is 11.8 Å². The minimum Gasteiger partial charge on any atom is -0.507 e. The van der Waals surface area contributed by atoms with Gasteiger partial charge >= 0.3 is 0 Å². The zero-order chi connectivity index (χ0) is 10.8. The lowest BCUT2D eigenvalue weighted by Gasteiger charge is -2.24. The first kappa shape index (κ1) is 10.4. The number of halogens is 2. The van der Waals surface area contributed by atoms with Crippen molar-refractivity contribution in [3.05, 3.63) is 29.3 Å². The summed E-state index contributed by atoms with van der Waals surface area (Å²) in [5.74, 6) is -2.09. The molecule has 1 saturated heterocycles. The van der Waals surface area contributed by atoms with Gasteiger partial charge in [0.2, 0.25) is 0 Å². The first-order chi connectivity index (χ1) is 7.18. The van der Waals surface area contributed by atoms with Gasteiger partial charge in [0, 0.05) is 17.7 Å². The highest BCUT2D eigenvalue weighted by molar-refractivity contribution is 5.36. The van der Waals surface area contributed by atoms with E-state index in [4.69, 9.17) is 0 Å². The Morgan fingerprint density at radius 2 is 1.93 bits per heavy atom. The Hall–Kier alpha value is -1.16. The monoisotopic (exact) mass is 213 g/mol. The maximum atomic E-state index is 13.0. The van der Waals surface area contributed by atoms with E-state index < -0.39 is 11.6 Å². The van der Waals surface area contributed by atoms with E-state index in [0.29, 0.717) is 5.56 Å². The molecule has 4 heteroatoms. The summed E-state index contributed by atoms with van der Waals surface area (Å²) in [7, 11) is 0. The summed E-state index contributed by atoms with van der Waals surface area (Å²) in [6.45, 7) is 0.850. The van der Waals surface area contributed by atoms with Crippen molar-refractivity contribution < 1.29 is 13.9 Å². The molecule has 0 spiro atoms. The van der Waals surface area contributed by atoms with E-state index in [1.165, 1.54) is 0 Å². The number of aromatic hydroxyl groups is 1.